The largest absolute Gasteiger partial charge is 0.383 e. The molecule has 14 heavy (non-hydrogen) atoms. The maximum absolute atomic E-state index is 11.6. The average molecular weight is 254 g/mol. The summed E-state index contributed by atoms with van der Waals surface area (Å²) in [5, 5.41) is 0. The van der Waals surface area contributed by atoms with E-state index in [1.165, 1.54) is 0 Å². The quantitative estimate of drug-likeness (QED) is 0.610. The van der Waals surface area contributed by atoms with E-state index in [0.717, 1.165) is 4.47 Å². The van der Waals surface area contributed by atoms with Crippen LogP contribution in [0.4, 0.5) is 0 Å². The Balaban J connectivity index is 2.80. The second-order valence-corrected chi connectivity index (χ2v) is 4.07. The summed E-state index contributed by atoms with van der Waals surface area (Å²) in [5.41, 5.74) is 0.692. The van der Waals surface area contributed by atoms with E-state index in [9.17, 15) is 4.79 Å². The molecule has 0 aromatic heterocycles. The van der Waals surface area contributed by atoms with Crippen molar-refractivity contribution in [3.05, 3.63) is 46.6 Å². The van der Waals surface area contributed by atoms with Crippen molar-refractivity contribution in [2.45, 2.75) is 0 Å². The minimum Gasteiger partial charge on any atom is -0.383 e. The van der Waals surface area contributed by atoms with Crippen molar-refractivity contribution in [2.24, 2.45) is 0 Å². The van der Waals surface area contributed by atoms with Crippen LogP contribution in [0.15, 0.2) is 41.0 Å². The highest BCUT2D eigenvalue weighted by atomic mass is 79.9. The zero-order valence-corrected chi connectivity index (χ0v) is 9.78. The number of carbonyl (C=O) groups excluding carboxylic acids is 1. The van der Waals surface area contributed by atoms with E-state index in [0.29, 0.717) is 5.56 Å². The highest BCUT2D eigenvalue weighted by Gasteiger charge is 2.00. The minimum absolute atomic E-state index is 0.0139. The fourth-order valence-electron chi connectivity index (χ4n) is 0.955. The first kappa shape index (κ1) is 11.0. The van der Waals surface area contributed by atoms with E-state index in [1.54, 1.807) is 18.3 Å². The molecule has 0 saturated heterocycles. The molecule has 2 nitrogen and oxygen atoms in total. The van der Waals surface area contributed by atoms with Crippen LogP contribution >= 0.6 is 15.9 Å². The van der Waals surface area contributed by atoms with Gasteiger partial charge in [-0.05, 0) is 12.1 Å². The SMILES string of the molecule is CN(C)/C=C/C(=O)c1cccc(Br)c1. The topological polar surface area (TPSA) is 20.3 Å². The van der Waals surface area contributed by atoms with Crippen molar-refractivity contribution in [1.29, 1.82) is 0 Å². The summed E-state index contributed by atoms with van der Waals surface area (Å²) in [7, 11) is 3.76. The van der Waals surface area contributed by atoms with Crippen molar-refractivity contribution in [3.63, 3.8) is 0 Å². The van der Waals surface area contributed by atoms with Gasteiger partial charge in [0, 0.05) is 36.4 Å². The Labute approximate surface area is 92.4 Å². The van der Waals surface area contributed by atoms with Gasteiger partial charge in [0.25, 0.3) is 0 Å². The van der Waals surface area contributed by atoms with E-state index in [1.807, 2.05) is 37.2 Å². The standard InChI is InChI=1S/C11H12BrNO/c1-13(2)7-6-11(14)9-4-3-5-10(12)8-9/h3-8H,1-2H3/b7-6+. The van der Waals surface area contributed by atoms with Gasteiger partial charge in [0.05, 0.1) is 0 Å². The number of carbonyl (C=O) groups is 1. The van der Waals surface area contributed by atoms with Crippen LogP contribution in [0.3, 0.4) is 0 Å². The Hall–Kier alpha value is -1.09. The Bertz CT molecular complexity index is 358. The third-order valence-electron chi connectivity index (χ3n) is 1.63. The Morgan fingerprint density at radius 2 is 2.14 bits per heavy atom. The summed E-state index contributed by atoms with van der Waals surface area (Å²) in [6.07, 6.45) is 3.30. The van der Waals surface area contributed by atoms with Crippen LogP contribution in [0.2, 0.25) is 0 Å². The fraction of sp³-hybridized carbons (Fsp3) is 0.182. The van der Waals surface area contributed by atoms with E-state index < -0.39 is 0 Å². The molecule has 0 spiro atoms. The van der Waals surface area contributed by atoms with Gasteiger partial charge in [0.2, 0.25) is 0 Å². The zero-order valence-electron chi connectivity index (χ0n) is 8.20. The number of nitrogens with zero attached hydrogens (tertiary/aromatic N) is 1. The molecule has 1 rings (SSSR count). The van der Waals surface area contributed by atoms with Crippen LogP contribution in [0.5, 0.6) is 0 Å². The van der Waals surface area contributed by atoms with Crippen molar-refractivity contribution in [2.75, 3.05) is 14.1 Å². The smallest absolute Gasteiger partial charge is 0.187 e. The van der Waals surface area contributed by atoms with E-state index in [4.69, 9.17) is 0 Å². The predicted molar refractivity (Wildman–Crippen MR) is 61.3 cm³/mol. The Kier molecular flexibility index (Phi) is 3.89. The molecule has 0 N–H and O–H groups in total. The molecule has 0 aliphatic heterocycles. The fourth-order valence-corrected chi connectivity index (χ4v) is 1.35. The molecule has 0 amide bonds. The van der Waals surface area contributed by atoms with Crippen LogP contribution in [0.1, 0.15) is 10.4 Å². The minimum atomic E-state index is 0.0139. The lowest BCUT2D eigenvalue weighted by molar-refractivity contribution is 0.104. The third-order valence-corrected chi connectivity index (χ3v) is 2.13. The molecule has 0 fully saturated rings. The molecular weight excluding hydrogens is 242 g/mol. The van der Waals surface area contributed by atoms with Gasteiger partial charge in [-0.3, -0.25) is 4.79 Å². The first-order valence-electron chi connectivity index (χ1n) is 4.24. The van der Waals surface area contributed by atoms with Crippen LogP contribution in [-0.4, -0.2) is 24.8 Å². The summed E-state index contributed by atoms with van der Waals surface area (Å²) >= 11 is 3.32. The van der Waals surface area contributed by atoms with Crippen LogP contribution in [0, 0.1) is 0 Å². The van der Waals surface area contributed by atoms with Gasteiger partial charge in [-0.15, -0.1) is 0 Å². The summed E-state index contributed by atoms with van der Waals surface area (Å²) in [6.45, 7) is 0. The number of hydrogen-bond acceptors (Lipinski definition) is 2. The molecule has 1 aromatic rings. The van der Waals surface area contributed by atoms with Crippen molar-refractivity contribution < 1.29 is 4.79 Å². The summed E-state index contributed by atoms with van der Waals surface area (Å²) in [4.78, 5) is 13.4. The van der Waals surface area contributed by atoms with Gasteiger partial charge < -0.3 is 4.90 Å². The van der Waals surface area contributed by atoms with Crippen molar-refractivity contribution >= 4 is 21.7 Å². The zero-order chi connectivity index (χ0) is 10.6. The lowest BCUT2D eigenvalue weighted by Crippen LogP contribution is -2.03. The van der Waals surface area contributed by atoms with Gasteiger partial charge in [-0.1, -0.05) is 28.1 Å². The normalized spacial score (nSPS) is 10.5. The first-order chi connectivity index (χ1) is 6.59. The first-order valence-corrected chi connectivity index (χ1v) is 5.03. The maximum atomic E-state index is 11.6. The van der Waals surface area contributed by atoms with Gasteiger partial charge in [-0.25, -0.2) is 0 Å². The number of allylic oxidation sites excluding steroid dienone is 1. The summed E-state index contributed by atoms with van der Waals surface area (Å²) in [5.74, 6) is 0.0139. The molecule has 0 radical (unpaired) electrons. The predicted octanol–water partition coefficient (Wildman–Crippen LogP) is 2.71. The number of rotatable bonds is 3. The van der Waals surface area contributed by atoms with E-state index >= 15 is 0 Å². The molecule has 0 aliphatic rings. The molecule has 3 heteroatoms. The van der Waals surface area contributed by atoms with Crippen molar-refractivity contribution in [3.8, 4) is 0 Å². The molecule has 74 valence electrons. The van der Waals surface area contributed by atoms with Crippen LogP contribution in [0.25, 0.3) is 0 Å². The van der Waals surface area contributed by atoms with Gasteiger partial charge in [0.15, 0.2) is 5.78 Å². The molecular formula is C11H12BrNO. The van der Waals surface area contributed by atoms with E-state index in [2.05, 4.69) is 15.9 Å². The Morgan fingerprint density at radius 1 is 1.43 bits per heavy atom. The maximum Gasteiger partial charge on any atom is 0.187 e. The lowest BCUT2D eigenvalue weighted by atomic mass is 10.1. The van der Waals surface area contributed by atoms with Gasteiger partial charge in [0.1, 0.15) is 0 Å². The second-order valence-electron chi connectivity index (χ2n) is 3.15. The summed E-state index contributed by atoms with van der Waals surface area (Å²) < 4.78 is 0.918. The molecule has 0 heterocycles. The number of ketones is 1. The Morgan fingerprint density at radius 3 is 2.71 bits per heavy atom. The highest BCUT2D eigenvalue weighted by molar-refractivity contribution is 9.10. The van der Waals surface area contributed by atoms with Gasteiger partial charge >= 0.3 is 0 Å². The second kappa shape index (κ2) is 4.96. The molecule has 0 unspecified atom stereocenters. The molecule has 0 bridgehead atoms. The molecule has 1 aromatic carbocycles. The van der Waals surface area contributed by atoms with Crippen molar-refractivity contribution in [1.82, 2.24) is 4.90 Å². The lowest BCUT2D eigenvalue weighted by Gasteiger charge is -2.02. The monoisotopic (exact) mass is 253 g/mol. The molecule has 0 atom stereocenters. The number of hydrogen-bond donors (Lipinski definition) is 0. The third kappa shape index (κ3) is 3.34. The highest BCUT2D eigenvalue weighted by Crippen LogP contribution is 2.12. The number of halogens is 1. The van der Waals surface area contributed by atoms with Crippen LogP contribution in [-0.2, 0) is 0 Å². The average Bonchev–Trinajstić information content (AvgIpc) is 2.14. The van der Waals surface area contributed by atoms with Gasteiger partial charge in [-0.2, -0.15) is 0 Å². The van der Waals surface area contributed by atoms with Crippen LogP contribution < -0.4 is 0 Å². The van der Waals surface area contributed by atoms with E-state index in [-0.39, 0.29) is 5.78 Å². The molecule has 0 aliphatic carbocycles. The molecule has 0 saturated carbocycles. The summed E-state index contributed by atoms with van der Waals surface area (Å²) in [6, 6.07) is 7.35. The number of benzene rings is 1.